The van der Waals surface area contributed by atoms with Crippen molar-refractivity contribution in [2.75, 3.05) is 4.90 Å². The smallest absolute Gasteiger partial charge is 0.0509 e. The summed E-state index contributed by atoms with van der Waals surface area (Å²) in [5, 5.41) is 0. The molecule has 0 atom stereocenters. The van der Waals surface area contributed by atoms with Crippen LogP contribution in [0.4, 0.5) is 17.1 Å². The highest BCUT2D eigenvalue weighted by molar-refractivity contribution is 5.98. The van der Waals surface area contributed by atoms with Crippen molar-refractivity contribution in [3.63, 3.8) is 0 Å². The predicted octanol–water partition coefficient (Wildman–Crippen LogP) is 15.4. The maximum Gasteiger partial charge on any atom is 0.0509 e. The molecule has 284 valence electrons. The fourth-order valence-corrected chi connectivity index (χ4v) is 11.6. The second-order valence-electron chi connectivity index (χ2n) is 16.3. The van der Waals surface area contributed by atoms with Crippen molar-refractivity contribution in [2.45, 2.75) is 54.8 Å². The molecule has 0 fully saturated rings. The first-order valence-electron chi connectivity index (χ1n) is 20.7. The highest BCUT2D eigenvalue weighted by Gasteiger charge is 2.49. The highest BCUT2D eigenvalue weighted by Crippen LogP contribution is 2.64. The number of hydrogen-bond acceptors (Lipinski definition) is 1. The zero-order valence-corrected chi connectivity index (χ0v) is 33.5. The van der Waals surface area contributed by atoms with Crippen LogP contribution in [-0.4, -0.2) is 0 Å². The van der Waals surface area contributed by atoms with Gasteiger partial charge in [-0.05, 0) is 123 Å². The summed E-state index contributed by atoms with van der Waals surface area (Å²) in [4.78, 5) is 2.64. The van der Waals surface area contributed by atoms with Crippen LogP contribution in [0.15, 0.2) is 203 Å². The molecule has 9 rings (SSSR count). The fraction of sp³-hybridized carbons (Fsp3) is 0.158. The van der Waals surface area contributed by atoms with Crippen LogP contribution in [0.1, 0.15) is 71.9 Å². The number of anilines is 3. The molecular formula is C57H51N. The van der Waals surface area contributed by atoms with Gasteiger partial charge in [0.25, 0.3) is 0 Å². The molecule has 6 aromatic carbocycles. The largest absolute Gasteiger partial charge is 0.310 e. The summed E-state index contributed by atoms with van der Waals surface area (Å²) in [6.07, 6.45) is 17.3. The van der Waals surface area contributed by atoms with Gasteiger partial charge in [-0.3, -0.25) is 0 Å². The lowest BCUT2D eigenvalue weighted by atomic mass is 9.70. The Morgan fingerprint density at radius 3 is 0.810 bits per heavy atom. The number of benzene rings is 6. The molecule has 0 bridgehead atoms. The second kappa shape index (κ2) is 14.5. The van der Waals surface area contributed by atoms with Crippen molar-refractivity contribution < 1.29 is 0 Å². The number of hydrogen-bond donors (Lipinski definition) is 0. The summed E-state index contributed by atoms with van der Waals surface area (Å²) in [6, 6.07) is 47.7. The molecule has 0 aromatic heterocycles. The summed E-state index contributed by atoms with van der Waals surface area (Å²) in [5.74, 6) is 0. The molecular weight excluding hydrogens is 699 g/mol. The Hall–Kier alpha value is -6.44. The molecule has 1 heteroatoms. The molecule has 0 saturated carbocycles. The van der Waals surface area contributed by atoms with E-state index in [0.29, 0.717) is 0 Å². The summed E-state index contributed by atoms with van der Waals surface area (Å²) in [6.45, 7) is 26.2. The summed E-state index contributed by atoms with van der Waals surface area (Å²) >= 11 is 0. The van der Waals surface area contributed by atoms with E-state index in [1.54, 1.807) is 0 Å². The first kappa shape index (κ1) is 37.2. The molecule has 0 amide bonds. The number of fused-ring (bicyclic) bond motifs is 9. The molecule has 58 heavy (non-hydrogen) atoms. The molecule has 1 nitrogen and oxygen atoms in total. The maximum absolute atomic E-state index is 4.36. The molecule has 3 aliphatic carbocycles. The van der Waals surface area contributed by atoms with Gasteiger partial charge in [-0.15, -0.1) is 39.5 Å². The Balaban J connectivity index is 1.47. The minimum absolute atomic E-state index is 0.370. The lowest BCUT2D eigenvalue weighted by Gasteiger charge is -2.41. The van der Waals surface area contributed by atoms with Crippen molar-refractivity contribution in [3.8, 4) is 33.4 Å². The van der Waals surface area contributed by atoms with E-state index in [1.165, 1.54) is 83.8 Å². The van der Waals surface area contributed by atoms with E-state index >= 15 is 0 Å². The van der Waals surface area contributed by atoms with E-state index in [-0.39, 0.29) is 16.2 Å². The highest BCUT2D eigenvalue weighted by atomic mass is 15.2. The zero-order valence-electron chi connectivity index (χ0n) is 33.5. The molecule has 0 aliphatic heterocycles. The van der Waals surface area contributed by atoms with Crippen LogP contribution in [0.5, 0.6) is 0 Å². The van der Waals surface area contributed by atoms with Gasteiger partial charge in [-0.2, -0.15) is 0 Å². The standard InChI is InChI=1S/C57H51N/c1-7-34-55(35-8-2)46-28-16-13-22-40(46)43-25-19-31-49(52(43)55)58(50-32-20-26-44-41-23-14-17-29-47(41)56(36-9-3,37-10-4)53(44)50)51-33-21-27-45-42-24-15-18-30-48(42)57(38-11-5,39-12-6)54(45)51/h7-33H,1-6,34-39H2. The SMILES string of the molecule is C=CCC1(CC=C)c2ccccc2-c2cccc(N(c3cccc4c3C(CC=C)(CC=C)c3ccccc3-4)c3cccc4c3C(CC=C)(CC=C)c3ccccc3-4)c21. The Morgan fingerprint density at radius 1 is 0.310 bits per heavy atom. The first-order valence-corrected chi connectivity index (χ1v) is 20.7. The van der Waals surface area contributed by atoms with Gasteiger partial charge in [-0.1, -0.05) is 146 Å². The molecule has 0 radical (unpaired) electrons. The third kappa shape index (κ3) is 5.02. The lowest BCUT2D eigenvalue weighted by Crippen LogP contribution is -2.31. The third-order valence-corrected chi connectivity index (χ3v) is 13.4. The Labute approximate surface area is 345 Å². The molecule has 0 saturated heterocycles. The minimum atomic E-state index is -0.370. The van der Waals surface area contributed by atoms with E-state index in [9.17, 15) is 0 Å². The summed E-state index contributed by atoms with van der Waals surface area (Å²) in [5.41, 5.74) is 17.9. The lowest BCUT2D eigenvalue weighted by molar-refractivity contribution is 0.538. The van der Waals surface area contributed by atoms with Gasteiger partial charge in [0.1, 0.15) is 0 Å². The third-order valence-electron chi connectivity index (χ3n) is 13.4. The first-order chi connectivity index (χ1) is 28.5. The summed E-state index contributed by atoms with van der Waals surface area (Å²) < 4.78 is 0. The van der Waals surface area contributed by atoms with Crippen molar-refractivity contribution in [1.82, 2.24) is 0 Å². The van der Waals surface area contributed by atoms with Crippen molar-refractivity contribution in [2.24, 2.45) is 0 Å². The van der Waals surface area contributed by atoms with Crippen molar-refractivity contribution in [3.05, 3.63) is 237 Å². The normalized spacial score (nSPS) is 15.1. The van der Waals surface area contributed by atoms with E-state index in [4.69, 9.17) is 0 Å². The van der Waals surface area contributed by atoms with Gasteiger partial charge in [0.2, 0.25) is 0 Å². The van der Waals surface area contributed by atoms with E-state index in [1.807, 2.05) is 0 Å². The topological polar surface area (TPSA) is 3.24 Å². The van der Waals surface area contributed by atoms with Crippen LogP contribution in [0.25, 0.3) is 33.4 Å². The summed E-state index contributed by atoms with van der Waals surface area (Å²) in [7, 11) is 0. The van der Waals surface area contributed by atoms with Gasteiger partial charge >= 0.3 is 0 Å². The predicted molar refractivity (Wildman–Crippen MR) is 249 cm³/mol. The van der Waals surface area contributed by atoms with Crippen LogP contribution in [0.3, 0.4) is 0 Å². The van der Waals surface area contributed by atoms with Crippen LogP contribution < -0.4 is 4.90 Å². The maximum atomic E-state index is 4.36. The number of nitrogens with zero attached hydrogens (tertiary/aromatic N) is 1. The molecule has 0 N–H and O–H groups in total. The van der Waals surface area contributed by atoms with Crippen LogP contribution >= 0.6 is 0 Å². The van der Waals surface area contributed by atoms with Gasteiger partial charge < -0.3 is 4.90 Å². The van der Waals surface area contributed by atoms with Crippen molar-refractivity contribution >= 4 is 17.1 Å². The Kier molecular flexibility index (Phi) is 9.29. The van der Waals surface area contributed by atoms with Gasteiger partial charge in [-0.25, -0.2) is 0 Å². The second-order valence-corrected chi connectivity index (χ2v) is 16.3. The van der Waals surface area contributed by atoms with Gasteiger partial charge in [0, 0.05) is 16.2 Å². The molecule has 0 unspecified atom stereocenters. The number of allylic oxidation sites excluding steroid dienone is 6. The zero-order chi connectivity index (χ0) is 40.1. The number of rotatable bonds is 15. The van der Waals surface area contributed by atoms with Crippen LogP contribution in [0.2, 0.25) is 0 Å². The van der Waals surface area contributed by atoms with E-state index < -0.39 is 0 Å². The quantitative estimate of drug-likeness (QED) is 0.0945. The van der Waals surface area contributed by atoms with Crippen LogP contribution in [-0.2, 0) is 16.2 Å². The average Bonchev–Trinajstić information content (AvgIpc) is 3.80. The Bertz CT molecular complexity index is 2340. The van der Waals surface area contributed by atoms with Crippen LogP contribution in [0, 0.1) is 0 Å². The van der Waals surface area contributed by atoms with Gasteiger partial charge in [0.15, 0.2) is 0 Å². The molecule has 0 heterocycles. The monoisotopic (exact) mass is 749 g/mol. The van der Waals surface area contributed by atoms with E-state index in [2.05, 4.69) is 208 Å². The van der Waals surface area contributed by atoms with Gasteiger partial charge in [0.05, 0.1) is 17.1 Å². The molecule has 6 aromatic rings. The molecule has 0 spiro atoms. The minimum Gasteiger partial charge on any atom is -0.310 e. The fourth-order valence-electron chi connectivity index (χ4n) is 11.6. The molecule has 3 aliphatic rings. The van der Waals surface area contributed by atoms with E-state index in [0.717, 1.165) is 38.5 Å². The Morgan fingerprint density at radius 2 is 0.552 bits per heavy atom. The van der Waals surface area contributed by atoms with Crippen molar-refractivity contribution in [1.29, 1.82) is 0 Å². The average molecular weight is 750 g/mol.